The van der Waals surface area contributed by atoms with Crippen LogP contribution in [0.25, 0.3) is 0 Å². The monoisotopic (exact) mass is 278 g/mol. The number of rotatable bonds is 5. The third kappa shape index (κ3) is 5.46. The second-order valence-electron chi connectivity index (χ2n) is 4.43. The Kier molecular flexibility index (Phi) is 5.09. The van der Waals surface area contributed by atoms with E-state index < -0.39 is 15.8 Å². The van der Waals surface area contributed by atoms with Crippen molar-refractivity contribution >= 4 is 21.7 Å². The van der Waals surface area contributed by atoms with Crippen molar-refractivity contribution in [2.24, 2.45) is 0 Å². The maximum absolute atomic E-state index is 11.7. The number of nitrogens with zero attached hydrogens (tertiary/aromatic N) is 2. The standard InChI is InChI=1S/C10H18N2O5S/c1-18(16,17)7-2-9(13)12-5-3-11(4-6-12)8-10(14)15/h2-8H2,1H3,(H,14,15). The molecule has 0 radical (unpaired) electrons. The lowest BCUT2D eigenvalue weighted by atomic mass is 10.3. The van der Waals surface area contributed by atoms with Crippen molar-refractivity contribution < 1.29 is 23.1 Å². The van der Waals surface area contributed by atoms with E-state index in [-0.39, 0.29) is 24.6 Å². The molecule has 0 spiro atoms. The number of hydrogen-bond donors (Lipinski definition) is 1. The molecule has 0 bridgehead atoms. The number of amides is 1. The molecule has 18 heavy (non-hydrogen) atoms. The molecule has 8 heteroatoms. The van der Waals surface area contributed by atoms with E-state index in [1.807, 2.05) is 0 Å². The molecule has 1 saturated heterocycles. The highest BCUT2D eigenvalue weighted by Gasteiger charge is 2.22. The van der Waals surface area contributed by atoms with Crippen molar-refractivity contribution in [1.29, 1.82) is 0 Å². The van der Waals surface area contributed by atoms with Crippen LogP contribution in [0.3, 0.4) is 0 Å². The van der Waals surface area contributed by atoms with E-state index in [1.54, 1.807) is 9.80 Å². The SMILES string of the molecule is CS(=O)(=O)CCC(=O)N1CCN(CC(=O)O)CC1. The summed E-state index contributed by atoms with van der Waals surface area (Å²) in [5.74, 6) is -1.21. The van der Waals surface area contributed by atoms with Gasteiger partial charge in [-0.15, -0.1) is 0 Å². The van der Waals surface area contributed by atoms with Gasteiger partial charge in [0.05, 0.1) is 12.3 Å². The van der Waals surface area contributed by atoms with Gasteiger partial charge in [-0.25, -0.2) is 8.42 Å². The average Bonchev–Trinajstić information content (AvgIpc) is 2.25. The molecule has 1 rings (SSSR count). The van der Waals surface area contributed by atoms with Gasteiger partial charge in [-0.05, 0) is 0 Å². The fraction of sp³-hybridized carbons (Fsp3) is 0.800. The van der Waals surface area contributed by atoms with Crippen molar-refractivity contribution in [3.8, 4) is 0 Å². The highest BCUT2D eigenvalue weighted by molar-refractivity contribution is 7.90. The quantitative estimate of drug-likeness (QED) is 0.668. The lowest BCUT2D eigenvalue weighted by molar-refractivity contribution is -0.139. The number of hydrogen-bond acceptors (Lipinski definition) is 5. The van der Waals surface area contributed by atoms with Gasteiger partial charge in [0.2, 0.25) is 5.91 Å². The number of aliphatic carboxylic acids is 1. The van der Waals surface area contributed by atoms with Gasteiger partial charge >= 0.3 is 5.97 Å². The van der Waals surface area contributed by atoms with Gasteiger partial charge < -0.3 is 10.0 Å². The van der Waals surface area contributed by atoms with Gasteiger partial charge in [0.15, 0.2) is 0 Å². The zero-order valence-corrected chi connectivity index (χ0v) is 11.1. The summed E-state index contributed by atoms with van der Waals surface area (Å²) < 4.78 is 21.9. The molecule has 0 unspecified atom stereocenters. The third-order valence-corrected chi connectivity index (χ3v) is 3.72. The van der Waals surface area contributed by atoms with Gasteiger partial charge in [-0.3, -0.25) is 14.5 Å². The number of carboxylic acid groups (broad SMARTS) is 1. The summed E-state index contributed by atoms with van der Waals surface area (Å²) in [4.78, 5) is 25.5. The van der Waals surface area contributed by atoms with Gasteiger partial charge in [-0.2, -0.15) is 0 Å². The molecule has 1 amide bonds. The maximum Gasteiger partial charge on any atom is 0.317 e. The first-order valence-corrected chi connectivity index (χ1v) is 7.73. The topological polar surface area (TPSA) is 95.0 Å². The lowest BCUT2D eigenvalue weighted by Gasteiger charge is -2.33. The Morgan fingerprint density at radius 3 is 2.17 bits per heavy atom. The Bertz CT molecular complexity index is 412. The molecule has 1 fully saturated rings. The largest absolute Gasteiger partial charge is 0.480 e. The first-order chi connectivity index (χ1) is 8.28. The summed E-state index contributed by atoms with van der Waals surface area (Å²) in [6.07, 6.45) is 1.10. The molecular formula is C10H18N2O5S. The van der Waals surface area contributed by atoms with E-state index in [4.69, 9.17) is 5.11 Å². The van der Waals surface area contributed by atoms with Crippen LogP contribution >= 0.6 is 0 Å². The minimum absolute atomic E-state index is 0.00222. The molecule has 1 heterocycles. The van der Waals surface area contributed by atoms with Crippen LogP contribution in [0.15, 0.2) is 0 Å². The van der Waals surface area contributed by atoms with Gasteiger partial charge in [0.25, 0.3) is 0 Å². The highest BCUT2D eigenvalue weighted by atomic mass is 32.2. The smallest absolute Gasteiger partial charge is 0.317 e. The van der Waals surface area contributed by atoms with Gasteiger partial charge in [0.1, 0.15) is 9.84 Å². The van der Waals surface area contributed by atoms with Crippen molar-refractivity contribution in [3.05, 3.63) is 0 Å². The van der Waals surface area contributed by atoms with Gasteiger partial charge in [-0.1, -0.05) is 0 Å². The Labute approximate surface area is 106 Å². The van der Waals surface area contributed by atoms with Crippen molar-refractivity contribution in [2.75, 3.05) is 44.7 Å². The predicted octanol–water partition coefficient (Wildman–Crippen LogP) is -1.35. The molecule has 1 N–H and O–H groups in total. The normalized spacial score (nSPS) is 17.7. The second kappa shape index (κ2) is 6.14. The van der Waals surface area contributed by atoms with Crippen LogP contribution in [-0.4, -0.2) is 79.9 Å². The first kappa shape index (κ1) is 14.9. The molecule has 0 aromatic carbocycles. The minimum Gasteiger partial charge on any atom is -0.480 e. The summed E-state index contributed by atoms with van der Waals surface area (Å²) >= 11 is 0. The first-order valence-electron chi connectivity index (χ1n) is 5.67. The number of sulfone groups is 1. The zero-order chi connectivity index (χ0) is 13.8. The fourth-order valence-electron chi connectivity index (χ4n) is 1.78. The number of carboxylic acids is 1. The van der Waals surface area contributed by atoms with E-state index >= 15 is 0 Å². The lowest BCUT2D eigenvalue weighted by Crippen LogP contribution is -2.50. The molecule has 0 saturated carbocycles. The van der Waals surface area contributed by atoms with Crippen LogP contribution < -0.4 is 0 Å². The summed E-state index contributed by atoms with van der Waals surface area (Å²) in [6.45, 7) is 1.91. The van der Waals surface area contributed by atoms with Crippen LogP contribution in [0.1, 0.15) is 6.42 Å². The summed E-state index contributed by atoms with van der Waals surface area (Å²) in [7, 11) is -3.12. The van der Waals surface area contributed by atoms with Crippen LogP contribution in [-0.2, 0) is 19.4 Å². The molecule has 1 aliphatic rings. The molecule has 0 aromatic rings. The summed E-state index contributed by atoms with van der Waals surface area (Å²) in [5, 5.41) is 8.63. The van der Waals surface area contributed by atoms with E-state index in [9.17, 15) is 18.0 Å². The van der Waals surface area contributed by atoms with Crippen LogP contribution in [0.2, 0.25) is 0 Å². The second-order valence-corrected chi connectivity index (χ2v) is 6.69. The predicted molar refractivity (Wildman–Crippen MR) is 65.0 cm³/mol. The minimum atomic E-state index is -3.12. The third-order valence-electron chi connectivity index (χ3n) is 2.77. The Morgan fingerprint density at radius 2 is 1.72 bits per heavy atom. The molecular weight excluding hydrogens is 260 g/mol. The molecule has 0 aromatic heterocycles. The van der Waals surface area contributed by atoms with Crippen molar-refractivity contribution in [3.63, 3.8) is 0 Å². The van der Waals surface area contributed by atoms with Crippen LogP contribution in [0.5, 0.6) is 0 Å². The van der Waals surface area contributed by atoms with Crippen molar-refractivity contribution in [2.45, 2.75) is 6.42 Å². The van der Waals surface area contributed by atoms with E-state index in [2.05, 4.69) is 0 Å². The van der Waals surface area contributed by atoms with Crippen molar-refractivity contribution in [1.82, 2.24) is 9.80 Å². The molecule has 0 atom stereocenters. The average molecular weight is 278 g/mol. The molecule has 0 aliphatic carbocycles. The van der Waals surface area contributed by atoms with E-state index in [0.29, 0.717) is 26.2 Å². The molecule has 104 valence electrons. The number of carbonyl (C=O) groups is 2. The Hall–Kier alpha value is -1.15. The fourth-order valence-corrected chi connectivity index (χ4v) is 2.32. The highest BCUT2D eigenvalue weighted by Crippen LogP contribution is 2.04. The Morgan fingerprint density at radius 1 is 1.17 bits per heavy atom. The number of carbonyl (C=O) groups excluding carboxylic acids is 1. The van der Waals surface area contributed by atoms with Gasteiger partial charge in [0, 0.05) is 38.9 Å². The van der Waals surface area contributed by atoms with Crippen LogP contribution in [0.4, 0.5) is 0 Å². The summed E-state index contributed by atoms with van der Waals surface area (Å²) in [5.41, 5.74) is 0. The molecule has 1 aliphatic heterocycles. The van der Waals surface area contributed by atoms with E-state index in [1.165, 1.54) is 0 Å². The maximum atomic E-state index is 11.7. The molecule has 7 nitrogen and oxygen atoms in total. The van der Waals surface area contributed by atoms with Crippen LogP contribution in [0, 0.1) is 0 Å². The Balaban J connectivity index is 2.34. The zero-order valence-electron chi connectivity index (χ0n) is 10.3. The van der Waals surface area contributed by atoms with E-state index in [0.717, 1.165) is 6.26 Å². The summed E-state index contributed by atoms with van der Waals surface area (Å²) in [6, 6.07) is 0. The number of piperazine rings is 1.